The molecule has 3 aromatic carbocycles. The minimum absolute atomic E-state index is 0.367. The van der Waals surface area contributed by atoms with Crippen LogP contribution in [0.3, 0.4) is 0 Å². The van der Waals surface area contributed by atoms with E-state index in [0.717, 1.165) is 11.3 Å². The molecule has 1 heterocycles. The van der Waals surface area contributed by atoms with Gasteiger partial charge in [-0.1, -0.05) is 48.5 Å². The Morgan fingerprint density at radius 3 is 2.38 bits per heavy atom. The van der Waals surface area contributed by atoms with Crippen molar-refractivity contribution < 1.29 is 9.18 Å². The van der Waals surface area contributed by atoms with Crippen molar-refractivity contribution in [2.75, 3.05) is 5.32 Å². The number of carbonyl (C=O) groups is 1. The van der Waals surface area contributed by atoms with Crippen molar-refractivity contribution in [1.82, 2.24) is 15.5 Å². The second kappa shape index (κ2) is 9.49. The van der Waals surface area contributed by atoms with Gasteiger partial charge in [0.25, 0.3) is 5.91 Å². The summed E-state index contributed by atoms with van der Waals surface area (Å²) in [7, 11) is 0. The van der Waals surface area contributed by atoms with Crippen LogP contribution >= 0.6 is 0 Å². The highest BCUT2D eigenvalue weighted by atomic mass is 19.1. The van der Waals surface area contributed by atoms with Crippen molar-refractivity contribution in [2.24, 2.45) is 0 Å². The van der Waals surface area contributed by atoms with Crippen LogP contribution in [0.15, 0.2) is 91.0 Å². The summed E-state index contributed by atoms with van der Waals surface area (Å²) in [6.07, 6.45) is 0. The molecule has 7 heteroatoms. The minimum atomic E-state index is -0.892. The number of benzene rings is 3. The van der Waals surface area contributed by atoms with Crippen LogP contribution in [0.4, 0.5) is 15.9 Å². The number of halogens is 1. The van der Waals surface area contributed by atoms with Crippen molar-refractivity contribution in [3.63, 3.8) is 0 Å². The number of carbonyl (C=O) groups excluding carboxylic acids is 1. The minimum Gasteiger partial charge on any atom is -0.339 e. The number of aromatic nitrogens is 2. The van der Waals surface area contributed by atoms with Gasteiger partial charge >= 0.3 is 0 Å². The van der Waals surface area contributed by atoms with Crippen LogP contribution in [0.1, 0.15) is 22.0 Å². The number of nitriles is 1. The lowest BCUT2D eigenvalue weighted by Crippen LogP contribution is -2.27. The molecule has 6 nitrogen and oxygen atoms in total. The molecule has 32 heavy (non-hydrogen) atoms. The maximum absolute atomic E-state index is 13.1. The number of nitrogens with one attached hydrogen (secondary N) is 2. The summed E-state index contributed by atoms with van der Waals surface area (Å²) in [5.41, 5.74) is 3.25. The van der Waals surface area contributed by atoms with Gasteiger partial charge in [-0.2, -0.15) is 5.26 Å². The second-order valence-electron chi connectivity index (χ2n) is 6.96. The van der Waals surface area contributed by atoms with Gasteiger partial charge in [-0.15, -0.1) is 10.2 Å². The predicted molar refractivity (Wildman–Crippen MR) is 119 cm³/mol. The molecule has 0 aliphatic rings. The Labute approximate surface area is 184 Å². The molecule has 0 saturated carbocycles. The summed E-state index contributed by atoms with van der Waals surface area (Å²) in [6, 6.07) is 26.8. The fraction of sp³-hybridized carbons (Fsp3) is 0.0400. The monoisotopic (exact) mass is 423 g/mol. The van der Waals surface area contributed by atoms with E-state index in [2.05, 4.69) is 20.8 Å². The van der Waals surface area contributed by atoms with Crippen LogP contribution in [0.25, 0.3) is 11.3 Å². The summed E-state index contributed by atoms with van der Waals surface area (Å²) in [5, 5.41) is 23.6. The van der Waals surface area contributed by atoms with E-state index >= 15 is 0 Å². The Kier molecular flexibility index (Phi) is 6.14. The van der Waals surface area contributed by atoms with Crippen molar-refractivity contribution >= 4 is 17.4 Å². The topological polar surface area (TPSA) is 90.7 Å². The Hall–Kier alpha value is -4.57. The number of amides is 1. The van der Waals surface area contributed by atoms with Crippen molar-refractivity contribution in [3.8, 4) is 17.3 Å². The molecule has 0 radical (unpaired) electrons. The van der Waals surface area contributed by atoms with Gasteiger partial charge in [-0.3, -0.25) is 4.79 Å². The van der Waals surface area contributed by atoms with Crippen LogP contribution in [-0.4, -0.2) is 16.1 Å². The summed E-state index contributed by atoms with van der Waals surface area (Å²) in [6.45, 7) is 0. The molecule has 0 saturated heterocycles. The lowest BCUT2D eigenvalue weighted by molar-refractivity contribution is 0.0945. The fourth-order valence-corrected chi connectivity index (χ4v) is 3.11. The number of rotatable bonds is 6. The molecule has 0 spiro atoms. The molecule has 1 aromatic heterocycles. The van der Waals surface area contributed by atoms with Crippen LogP contribution in [0.5, 0.6) is 0 Å². The molecule has 0 aliphatic carbocycles. The molecule has 1 amide bonds. The van der Waals surface area contributed by atoms with Gasteiger partial charge in [0, 0.05) is 16.8 Å². The molecule has 1 atom stereocenters. The van der Waals surface area contributed by atoms with Gasteiger partial charge < -0.3 is 10.6 Å². The standard InChI is InChI=1S/C25H18FN5O/c26-20-11-9-18(10-12-20)23(16-27)29-25(32)19-7-4-8-21(15-19)28-24-14-13-22(30-31-24)17-5-2-1-3-6-17/h1-15,23H,(H,28,31)(H,29,32). The number of anilines is 2. The third kappa shape index (κ3) is 4.94. The zero-order valence-corrected chi connectivity index (χ0v) is 16.9. The van der Waals surface area contributed by atoms with Gasteiger partial charge in [-0.25, -0.2) is 4.39 Å². The van der Waals surface area contributed by atoms with Gasteiger partial charge in [-0.05, 0) is 48.0 Å². The van der Waals surface area contributed by atoms with Crippen LogP contribution in [0.2, 0.25) is 0 Å². The molecular formula is C25H18FN5O. The lowest BCUT2D eigenvalue weighted by Gasteiger charge is -2.13. The molecular weight excluding hydrogens is 405 g/mol. The average molecular weight is 423 g/mol. The molecule has 0 aliphatic heterocycles. The third-order valence-corrected chi connectivity index (χ3v) is 4.74. The van der Waals surface area contributed by atoms with E-state index in [1.807, 2.05) is 48.5 Å². The highest BCUT2D eigenvalue weighted by molar-refractivity contribution is 5.95. The summed E-state index contributed by atoms with van der Waals surface area (Å²) < 4.78 is 13.1. The second-order valence-corrected chi connectivity index (χ2v) is 6.96. The zero-order chi connectivity index (χ0) is 22.3. The first kappa shape index (κ1) is 20.7. The Morgan fingerprint density at radius 1 is 0.906 bits per heavy atom. The Morgan fingerprint density at radius 2 is 1.69 bits per heavy atom. The number of hydrogen-bond acceptors (Lipinski definition) is 5. The summed E-state index contributed by atoms with van der Waals surface area (Å²) >= 11 is 0. The highest BCUT2D eigenvalue weighted by Gasteiger charge is 2.15. The first-order chi connectivity index (χ1) is 15.6. The summed E-state index contributed by atoms with van der Waals surface area (Å²) in [4.78, 5) is 12.7. The molecule has 0 bridgehead atoms. The molecule has 1 unspecified atom stereocenters. The average Bonchev–Trinajstić information content (AvgIpc) is 2.84. The fourth-order valence-electron chi connectivity index (χ4n) is 3.11. The maximum Gasteiger partial charge on any atom is 0.252 e. The quantitative estimate of drug-likeness (QED) is 0.454. The van der Waals surface area contributed by atoms with Crippen LogP contribution in [-0.2, 0) is 0 Å². The first-order valence-electron chi connectivity index (χ1n) is 9.84. The predicted octanol–water partition coefficient (Wildman–Crippen LogP) is 5.02. The Bertz CT molecular complexity index is 1250. The maximum atomic E-state index is 13.1. The van der Waals surface area contributed by atoms with Gasteiger partial charge in [0.15, 0.2) is 5.82 Å². The van der Waals surface area contributed by atoms with E-state index in [-0.39, 0.29) is 0 Å². The lowest BCUT2D eigenvalue weighted by atomic mass is 10.1. The first-order valence-corrected chi connectivity index (χ1v) is 9.84. The largest absolute Gasteiger partial charge is 0.339 e. The van der Waals surface area contributed by atoms with E-state index < -0.39 is 17.8 Å². The van der Waals surface area contributed by atoms with E-state index in [9.17, 15) is 14.4 Å². The summed E-state index contributed by atoms with van der Waals surface area (Å²) in [5.74, 6) is -0.297. The van der Waals surface area contributed by atoms with E-state index in [0.29, 0.717) is 22.6 Å². The normalized spacial score (nSPS) is 11.2. The Balaban J connectivity index is 1.45. The molecule has 156 valence electrons. The van der Waals surface area contributed by atoms with Gasteiger partial charge in [0.2, 0.25) is 0 Å². The SMILES string of the molecule is N#CC(NC(=O)c1cccc(Nc2ccc(-c3ccccc3)nn2)c1)c1ccc(F)cc1. The van der Waals surface area contributed by atoms with E-state index in [1.165, 1.54) is 24.3 Å². The molecule has 4 rings (SSSR count). The third-order valence-electron chi connectivity index (χ3n) is 4.74. The number of hydrogen-bond donors (Lipinski definition) is 2. The molecule has 2 N–H and O–H groups in total. The highest BCUT2D eigenvalue weighted by Crippen LogP contribution is 2.20. The van der Waals surface area contributed by atoms with E-state index in [1.54, 1.807) is 24.3 Å². The van der Waals surface area contributed by atoms with Crippen molar-refractivity contribution in [3.05, 3.63) is 108 Å². The van der Waals surface area contributed by atoms with Crippen LogP contribution in [0, 0.1) is 17.1 Å². The smallest absolute Gasteiger partial charge is 0.252 e. The van der Waals surface area contributed by atoms with Gasteiger partial charge in [0.1, 0.15) is 11.9 Å². The van der Waals surface area contributed by atoms with Gasteiger partial charge in [0.05, 0.1) is 11.8 Å². The number of nitrogens with zero attached hydrogens (tertiary/aromatic N) is 3. The molecule has 4 aromatic rings. The van der Waals surface area contributed by atoms with Crippen molar-refractivity contribution in [2.45, 2.75) is 6.04 Å². The van der Waals surface area contributed by atoms with E-state index in [4.69, 9.17) is 0 Å². The van der Waals surface area contributed by atoms with Crippen molar-refractivity contribution in [1.29, 1.82) is 5.26 Å². The zero-order valence-electron chi connectivity index (χ0n) is 16.9. The van der Waals surface area contributed by atoms with Crippen LogP contribution < -0.4 is 10.6 Å². The molecule has 0 fully saturated rings.